The third kappa shape index (κ3) is 3.88. The molecule has 1 heterocycles. The Bertz CT molecular complexity index is 878. The number of oxime groups is 1. The van der Waals surface area contributed by atoms with E-state index in [2.05, 4.69) is 5.16 Å². The van der Waals surface area contributed by atoms with Crippen LogP contribution >= 0.6 is 0 Å². The van der Waals surface area contributed by atoms with E-state index in [0.717, 1.165) is 29.0 Å². The van der Waals surface area contributed by atoms with Gasteiger partial charge >= 0.3 is 0 Å². The van der Waals surface area contributed by atoms with E-state index in [1.165, 1.54) is 23.5 Å². The molecule has 0 N–H and O–H groups in total. The number of likely N-dealkylation sites (N-methyl/N-ethyl adjacent to an activating group) is 1. The molecule has 0 fully saturated rings. The van der Waals surface area contributed by atoms with Gasteiger partial charge in [0.15, 0.2) is 0 Å². The summed E-state index contributed by atoms with van der Waals surface area (Å²) >= 11 is 0. The van der Waals surface area contributed by atoms with E-state index >= 15 is 0 Å². The number of nitrogens with zero attached hydrogens (tertiary/aromatic N) is 2. The van der Waals surface area contributed by atoms with E-state index in [0.29, 0.717) is 6.42 Å². The van der Waals surface area contributed by atoms with Crippen LogP contribution in [0.4, 0.5) is 4.39 Å². The second-order valence-electron chi connectivity index (χ2n) is 6.08. The minimum Gasteiger partial charge on any atom is -0.390 e. The highest BCUT2D eigenvalue weighted by molar-refractivity contribution is 7.89. The minimum atomic E-state index is -3.70. The molecular formula is C18H19FN2O3S. The Morgan fingerprint density at radius 3 is 2.44 bits per heavy atom. The average Bonchev–Trinajstić information content (AvgIpc) is 3.04. The predicted octanol–water partition coefficient (Wildman–Crippen LogP) is 2.95. The van der Waals surface area contributed by atoms with E-state index in [4.69, 9.17) is 4.84 Å². The van der Waals surface area contributed by atoms with E-state index in [9.17, 15) is 12.8 Å². The van der Waals surface area contributed by atoms with Crippen molar-refractivity contribution < 1.29 is 17.6 Å². The molecule has 0 saturated carbocycles. The maximum atomic E-state index is 13.0. The van der Waals surface area contributed by atoms with Gasteiger partial charge in [0.05, 0.1) is 17.2 Å². The van der Waals surface area contributed by atoms with E-state index in [-0.39, 0.29) is 17.5 Å². The van der Waals surface area contributed by atoms with Crippen LogP contribution < -0.4 is 0 Å². The molecule has 0 bridgehead atoms. The largest absolute Gasteiger partial charge is 0.390 e. The molecule has 1 aliphatic rings. The Morgan fingerprint density at radius 1 is 1.16 bits per heavy atom. The number of hydrogen-bond donors (Lipinski definition) is 0. The van der Waals surface area contributed by atoms with Crippen molar-refractivity contribution in [3.8, 4) is 0 Å². The van der Waals surface area contributed by atoms with Gasteiger partial charge in [-0.2, -0.15) is 4.31 Å². The Morgan fingerprint density at radius 2 is 1.80 bits per heavy atom. The fourth-order valence-corrected chi connectivity index (χ4v) is 3.82. The first-order valence-corrected chi connectivity index (χ1v) is 9.32. The van der Waals surface area contributed by atoms with Gasteiger partial charge in [-0.05, 0) is 36.8 Å². The van der Waals surface area contributed by atoms with Crippen molar-refractivity contribution in [3.05, 3.63) is 65.5 Å². The van der Waals surface area contributed by atoms with Gasteiger partial charge in [0, 0.05) is 13.5 Å². The molecule has 0 saturated heterocycles. The summed E-state index contributed by atoms with van der Waals surface area (Å²) in [6.07, 6.45) is 0.184. The first-order chi connectivity index (χ1) is 11.9. The van der Waals surface area contributed by atoms with Crippen LogP contribution in [0, 0.1) is 12.7 Å². The second kappa shape index (κ2) is 6.93. The lowest BCUT2D eigenvalue weighted by molar-refractivity contribution is 0.0740. The molecule has 25 heavy (non-hydrogen) atoms. The van der Waals surface area contributed by atoms with Gasteiger partial charge in [0.25, 0.3) is 0 Å². The lowest BCUT2D eigenvalue weighted by Gasteiger charge is -2.19. The first-order valence-electron chi connectivity index (χ1n) is 7.88. The number of halogens is 1. The lowest BCUT2D eigenvalue weighted by Crippen LogP contribution is -2.34. The van der Waals surface area contributed by atoms with Crippen LogP contribution in [0.25, 0.3) is 0 Å². The number of hydrogen-bond acceptors (Lipinski definition) is 4. The van der Waals surface area contributed by atoms with E-state index in [1.54, 1.807) is 0 Å². The monoisotopic (exact) mass is 362 g/mol. The number of rotatable bonds is 5. The van der Waals surface area contributed by atoms with Crippen LogP contribution in [0.3, 0.4) is 0 Å². The fourth-order valence-electron chi connectivity index (χ4n) is 2.61. The van der Waals surface area contributed by atoms with Crippen LogP contribution in [0.15, 0.2) is 58.6 Å². The van der Waals surface area contributed by atoms with Crippen LogP contribution in [-0.2, 0) is 14.9 Å². The maximum Gasteiger partial charge on any atom is 0.242 e. The van der Waals surface area contributed by atoms with Gasteiger partial charge in [-0.1, -0.05) is 35.0 Å². The van der Waals surface area contributed by atoms with Gasteiger partial charge in [-0.15, -0.1) is 0 Å². The first kappa shape index (κ1) is 17.6. The molecule has 1 aliphatic heterocycles. The highest BCUT2D eigenvalue weighted by Crippen LogP contribution is 2.21. The molecule has 0 amide bonds. The average molecular weight is 362 g/mol. The predicted molar refractivity (Wildman–Crippen MR) is 93.4 cm³/mol. The molecule has 3 rings (SSSR count). The van der Waals surface area contributed by atoms with Crippen molar-refractivity contribution in [2.75, 3.05) is 13.6 Å². The normalized spacial score (nSPS) is 17.4. The fraction of sp³-hybridized carbons (Fsp3) is 0.278. The van der Waals surface area contributed by atoms with E-state index < -0.39 is 15.8 Å². The number of aryl methyl sites for hydroxylation is 1. The molecule has 1 atom stereocenters. The van der Waals surface area contributed by atoms with E-state index in [1.807, 2.05) is 31.2 Å². The van der Waals surface area contributed by atoms with Crippen LogP contribution in [0.5, 0.6) is 0 Å². The van der Waals surface area contributed by atoms with Crippen molar-refractivity contribution in [2.24, 2.45) is 5.16 Å². The Kier molecular flexibility index (Phi) is 4.87. The summed E-state index contributed by atoms with van der Waals surface area (Å²) < 4.78 is 39.3. The third-order valence-electron chi connectivity index (χ3n) is 4.10. The van der Waals surface area contributed by atoms with Crippen LogP contribution in [-0.4, -0.2) is 38.1 Å². The van der Waals surface area contributed by atoms with Crippen molar-refractivity contribution in [1.82, 2.24) is 4.31 Å². The molecule has 2 aromatic carbocycles. The summed E-state index contributed by atoms with van der Waals surface area (Å²) in [6.45, 7) is 2.17. The summed E-state index contributed by atoms with van der Waals surface area (Å²) in [6, 6.07) is 12.7. The Hall–Kier alpha value is -2.25. The van der Waals surface area contributed by atoms with Gasteiger partial charge in [0.2, 0.25) is 10.0 Å². The lowest BCUT2D eigenvalue weighted by atomic mass is 10.0. The summed E-state index contributed by atoms with van der Waals surface area (Å²) in [7, 11) is -2.22. The number of benzene rings is 2. The van der Waals surface area contributed by atoms with Crippen molar-refractivity contribution in [3.63, 3.8) is 0 Å². The van der Waals surface area contributed by atoms with Gasteiger partial charge < -0.3 is 4.84 Å². The Labute approximate surface area is 146 Å². The highest BCUT2D eigenvalue weighted by Gasteiger charge is 2.29. The minimum absolute atomic E-state index is 0.0501. The molecule has 0 unspecified atom stereocenters. The van der Waals surface area contributed by atoms with Crippen LogP contribution in [0.2, 0.25) is 0 Å². The topological polar surface area (TPSA) is 59.0 Å². The standard InChI is InChI=1S/C18H19FN2O3S/c1-13-3-5-14(6-4-13)18-11-16(24-20-18)12-21(2)25(22,23)17-9-7-15(19)8-10-17/h3-10,16H,11-12H2,1-2H3/t16-/m0/s1. The summed E-state index contributed by atoms with van der Waals surface area (Å²) in [4.78, 5) is 5.44. The molecule has 0 aromatic heterocycles. The van der Waals surface area contributed by atoms with Gasteiger partial charge in [-0.3, -0.25) is 0 Å². The van der Waals surface area contributed by atoms with Crippen molar-refractivity contribution >= 4 is 15.7 Å². The molecule has 0 aliphatic carbocycles. The number of sulfonamides is 1. The summed E-state index contributed by atoms with van der Waals surface area (Å²) in [5.74, 6) is -0.475. The SMILES string of the molecule is Cc1ccc(C2=NO[C@H](CN(C)S(=O)(=O)c3ccc(F)cc3)C2)cc1. The van der Waals surface area contributed by atoms with Crippen molar-refractivity contribution in [2.45, 2.75) is 24.3 Å². The zero-order valence-electron chi connectivity index (χ0n) is 14.0. The molecule has 0 radical (unpaired) electrons. The summed E-state index contributed by atoms with van der Waals surface area (Å²) in [5.41, 5.74) is 2.93. The molecule has 7 heteroatoms. The summed E-state index contributed by atoms with van der Waals surface area (Å²) in [5, 5.41) is 4.08. The molecule has 2 aromatic rings. The molecule has 5 nitrogen and oxygen atoms in total. The van der Waals surface area contributed by atoms with Crippen LogP contribution in [0.1, 0.15) is 17.5 Å². The second-order valence-corrected chi connectivity index (χ2v) is 8.12. The maximum absolute atomic E-state index is 13.0. The molecular weight excluding hydrogens is 343 g/mol. The molecule has 132 valence electrons. The zero-order valence-corrected chi connectivity index (χ0v) is 14.8. The quantitative estimate of drug-likeness (QED) is 0.822. The zero-order chi connectivity index (χ0) is 18.0. The Balaban J connectivity index is 1.65. The van der Waals surface area contributed by atoms with Gasteiger partial charge in [-0.25, -0.2) is 12.8 Å². The third-order valence-corrected chi connectivity index (χ3v) is 5.94. The highest BCUT2D eigenvalue weighted by atomic mass is 32.2. The van der Waals surface area contributed by atoms with Crippen molar-refractivity contribution in [1.29, 1.82) is 0 Å². The van der Waals surface area contributed by atoms with Gasteiger partial charge in [0.1, 0.15) is 11.9 Å². The smallest absolute Gasteiger partial charge is 0.242 e. The molecule has 0 spiro atoms.